The molecular formula is C11H12ClN3O3. The minimum Gasteiger partial charge on any atom is -0.466 e. The topological polar surface area (TPSA) is 70.3 Å². The minimum absolute atomic E-state index is 0.0232. The summed E-state index contributed by atoms with van der Waals surface area (Å²) in [7, 11) is 0. The third-order valence-corrected chi connectivity index (χ3v) is 2.00. The van der Waals surface area contributed by atoms with E-state index in [2.05, 4.69) is 15.0 Å². The first-order chi connectivity index (χ1) is 8.63. The largest absolute Gasteiger partial charge is 0.466 e. The van der Waals surface area contributed by atoms with E-state index in [0.29, 0.717) is 5.76 Å². The fourth-order valence-electron chi connectivity index (χ4n) is 1.17. The fourth-order valence-corrected chi connectivity index (χ4v) is 1.32. The predicted molar refractivity (Wildman–Crippen MR) is 63.6 cm³/mol. The van der Waals surface area contributed by atoms with Crippen molar-refractivity contribution in [3.63, 3.8) is 0 Å². The van der Waals surface area contributed by atoms with Gasteiger partial charge in [-0.2, -0.15) is 9.97 Å². The van der Waals surface area contributed by atoms with Crippen LogP contribution in [-0.4, -0.2) is 21.1 Å². The first kappa shape index (κ1) is 12.6. The van der Waals surface area contributed by atoms with E-state index in [9.17, 15) is 0 Å². The molecule has 18 heavy (non-hydrogen) atoms. The first-order valence-electron chi connectivity index (χ1n) is 5.37. The maximum atomic E-state index is 5.75. The van der Waals surface area contributed by atoms with Crippen LogP contribution in [0.2, 0.25) is 5.28 Å². The standard InChI is InChI=1S/C11H12ClN3O3/c1-7(2)18-11-14-9(12)13-10(15-11)17-6-8-4-3-5-16-8/h3-5,7H,6H2,1-2H3. The van der Waals surface area contributed by atoms with E-state index in [4.69, 9.17) is 25.5 Å². The molecule has 96 valence electrons. The van der Waals surface area contributed by atoms with Gasteiger partial charge < -0.3 is 13.9 Å². The van der Waals surface area contributed by atoms with Crippen LogP contribution in [0.1, 0.15) is 19.6 Å². The summed E-state index contributed by atoms with van der Waals surface area (Å²) in [6.07, 6.45) is 1.51. The molecule has 0 bridgehead atoms. The molecule has 2 aromatic rings. The lowest BCUT2D eigenvalue weighted by Gasteiger charge is -2.08. The summed E-state index contributed by atoms with van der Waals surface area (Å²) in [5, 5.41) is 0.0232. The van der Waals surface area contributed by atoms with Gasteiger partial charge >= 0.3 is 12.0 Å². The number of aromatic nitrogens is 3. The highest BCUT2D eigenvalue weighted by Gasteiger charge is 2.09. The first-order valence-corrected chi connectivity index (χ1v) is 5.74. The van der Waals surface area contributed by atoms with Crippen molar-refractivity contribution >= 4 is 11.6 Å². The monoisotopic (exact) mass is 269 g/mol. The summed E-state index contributed by atoms with van der Waals surface area (Å²) >= 11 is 5.75. The molecule has 0 unspecified atom stereocenters. The van der Waals surface area contributed by atoms with Crippen LogP contribution < -0.4 is 9.47 Å². The molecule has 2 rings (SSSR count). The Morgan fingerprint density at radius 1 is 1.28 bits per heavy atom. The van der Waals surface area contributed by atoms with Gasteiger partial charge in [0.2, 0.25) is 5.28 Å². The van der Waals surface area contributed by atoms with Crippen LogP contribution in [0.15, 0.2) is 22.8 Å². The Morgan fingerprint density at radius 2 is 2.06 bits per heavy atom. The molecule has 0 aliphatic carbocycles. The Labute approximate surface area is 109 Å². The summed E-state index contributed by atoms with van der Waals surface area (Å²) in [4.78, 5) is 11.7. The van der Waals surface area contributed by atoms with Crippen LogP contribution in [0.3, 0.4) is 0 Å². The Bertz CT molecular complexity index is 502. The van der Waals surface area contributed by atoms with Gasteiger partial charge in [0, 0.05) is 0 Å². The van der Waals surface area contributed by atoms with Crippen molar-refractivity contribution in [1.29, 1.82) is 0 Å². The Kier molecular flexibility index (Phi) is 3.99. The quantitative estimate of drug-likeness (QED) is 0.830. The number of rotatable bonds is 5. The third kappa shape index (κ3) is 3.59. The molecule has 0 amide bonds. The molecule has 0 atom stereocenters. The van der Waals surface area contributed by atoms with Crippen LogP contribution >= 0.6 is 11.6 Å². The molecule has 2 aromatic heterocycles. The van der Waals surface area contributed by atoms with Gasteiger partial charge in [0.1, 0.15) is 12.4 Å². The summed E-state index contributed by atoms with van der Waals surface area (Å²) in [6, 6.07) is 3.79. The number of hydrogen-bond acceptors (Lipinski definition) is 6. The van der Waals surface area contributed by atoms with E-state index in [1.165, 1.54) is 0 Å². The average Bonchev–Trinajstić information content (AvgIpc) is 2.77. The van der Waals surface area contributed by atoms with E-state index in [1.54, 1.807) is 18.4 Å². The lowest BCUT2D eigenvalue weighted by Crippen LogP contribution is -2.10. The summed E-state index contributed by atoms with van der Waals surface area (Å²) in [5.41, 5.74) is 0. The van der Waals surface area contributed by atoms with Crippen LogP contribution in [-0.2, 0) is 6.61 Å². The highest BCUT2D eigenvalue weighted by Crippen LogP contribution is 2.15. The molecule has 6 nitrogen and oxygen atoms in total. The molecule has 0 aromatic carbocycles. The fraction of sp³-hybridized carbons (Fsp3) is 0.364. The van der Waals surface area contributed by atoms with E-state index in [0.717, 1.165) is 0 Å². The molecule has 0 spiro atoms. The van der Waals surface area contributed by atoms with E-state index >= 15 is 0 Å². The highest BCUT2D eigenvalue weighted by atomic mass is 35.5. The molecule has 0 radical (unpaired) electrons. The van der Waals surface area contributed by atoms with Gasteiger partial charge in [0.15, 0.2) is 0 Å². The van der Waals surface area contributed by atoms with Gasteiger partial charge in [-0.15, -0.1) is 4.98 Å². The normalized spacial score (nSPS) is 10.7. The summed E-state index contributed by atoms with van der Waals surface area (Å²) in [6.45, 7) is 3.94. The lowest BCUT2D eigenvalue weighted by molar-refractivity contribution is 0.206. The Morgan fingerprint density at radius 3 is 2.72 bits per heavy atom. The minimum atomic E-state index is -0.0543. The predicted octanol–water partition coefficient (Wildman–Crippen LogP) is 2.48. The van der Waals surface area contributed by atoms with Crippen molar-refractivity contribution in [2.24, 2.45) is 0 Å². The van der Waals surface area contributed by atoms with Gasteiger partial charge in [-0.1, -0.05) is 0 Å². The molecule has 2 heterocycles. The molecule has 0 saturated carbocycles. The van der Waals surface area contributed by atoms with Crippen LogP contribution in [0.5, 0.6) is 12.0 Å². The molecule has 0 N–H and O–H groups in total. The maximum Gasteiger partial charge on any atom is 0.324 e. The van der Waals surface area contributed by atoms with Crippen molar-refractivity contribution in [2.45, 2.75) is 26.6 Å². The second-order valence-corrected chi connectivity index (χ2v) is 4.04. The maximum absolute atomic E-state index is 5.75. The Balaban J connectivity index is 2.05. The van der Waals surface area contributed by atoms with Crippen LogP contribution in [0.4, 0.5) is 0 Å². The zero-order valence-corrected chi connectivity index (χ0v) is 10.7. The number of furan rings is 1. The van der Waals surface area contributed by atoms with Gasteiger partial charge in [0.25, 0.3) is 0 Å². The SMILES string of the molecule is CC(C)Oc1nc(Cl)nc(OCc2ccco2)n1. The molecule has 7 heteroatoms. The Hall–Kier alpha value is -1.82. The van der Waals surface area contributed by atoms with Gasteiger partial charge in [-0.25, -0.2) is 0 Å². The number of ether oxygens (including phenoxy) is 2. The number of halogens is 1. The molecule has 0 fully saturated rings. The van der Waals surface area contributed by atoms with Crippen molar-refractivity contribution in [3.8, 4) is 12.0 Å². The number of nitrogens with zero attached hydrogens (tertiary/aromatic N) is 3. The summed E-state index contributed by atoms with van der Waals surface area (Å²) in [5.74, 6) is 0.665. The average molecular weight is 270 g/mol. The lowest BCUT2D eigenvalue weighted by atomic mass is 10.5. The van der Waals surface area contributed by atoms with Crippen LogP contribution in [0, 0.1) is 0 Å². The van der Waals surface area contributed by atoms with Gasteiger partial charge in [-0.05, 0) is 37.6 Å². The van der Waals surface area contributed by atoms with Crippen molar-refractivity contribution in [3.05, 3.63) is 29.4 Å². The van der Waals surface area contributed by atoms with E-state index < -0.39 is 0 Å². The second-order valence-electron chi connectivity index (χ2n) is 3.70. The smallest absolute Gasteiger partial charge is 0.324 e. The van der Waals surface area contributed by atoms with E-state index in [-0.39, 0.29) is 30.0 Å². The third-order valence-electron chi connectivity index (χ3n) is 1.83. The van der Waals surface area contributed by atoms with E-state index in [1.807, 2.05) is 13.8 Å². The van der Waals surface area contributed by atoms with Gasteiger partial charge in [0.05, 0.1) is 12.4 Å². The van der Waals surface area contributed by atoms with Crippen LogP contribution in [0.25, 0.3) is 0 Å². The zero-order valence-electron chi connectivity index (χ0n) is 9.96. The van der Waals surface area contributed by atoms with Crippen molar-refractivity contribution in [1.82, 2.24) is 15.0 Å². The molecule has 0 aliphatic rings. The van der Waals surface area contributed by atoms with Crippen molar-refractivity contribution in [2.75, 3.05) is 0 Å². The summed E-state index contributed by atoms with van der Waals surface area (Å²) < 4.78 is 15.8. The molecule has 0 saturated heterocycles. The van der Waals surface area contributed by atoms with Crippen molar-refractivity contribution < 1.29 is 13.9 Å². The molecular weight excluding hydrogens is 258 g/mol. The number of hydrogen-bond donors (Lipinski definition) is 0. The van der Waals surface area contributed by atoms with Gasteiger partial charge in [-0.3, -0.25) is 0 Å². The highest BCUT2D eigenvalue weighted by molar-refractivity contribution is 6.28. The second kappa shape index (κ2) is 5.68. The zero-order chi connectivity index (χ0) is 13.0. The molecule has 0 aliphatic heterocycles.